The molecular weight excluding hydrogens is 286 g/mol. The summed E-state index contributed by atoms with van der Waals surface area (Å²) >= 11 is 0. The van der Waals surface area contributed by atoms with Crippen LogP contribution in [0, 0.1) is 0 Å². The minimum absolute atomic E-state index is 0.0134. The topological polar surface area (TPSA) is 69.6 Å². The summed E-state index contributed by atoms with van der Waals surface area (Å²) in [5.74, 6) is 0.749. The van der Waals surface area contributed by atoms with Crippen molar-refractivity contribution in [1.29, 1.82) is 0 Å². The average molecular weight is 305 g/mol. The standard InChI is InChI=1S/C18H19N5/c1-23-11-10-15(22-23)17-16-13(19)8-5-9-14(16)20-18(21-17)12-6-3-2-4-7-12/h2-4,6-7,10-11,13H,5,8-9,19H2,1H3. The van der Waals surface area contributed by atoms with Crippen molar-refractivity contribution in [2.75, 3.05) is 0 Å². The molecule has 0 fully saturated rings. The van der Waals surface area contributed by atoms with Crippen molar-refractivity contribution < 1.29 is 0 Å². The van der Waals surface area contributed by atoms with E-state index in [1.165, 1.54) is 0 Å². The molecule has 5 heteroatoms. The Morgan fingerprint density at radius 2 is 1.96 bits per heavy atom. The van der Waals surface area contributed by atoms with E-state index in [0.29, 0.717) is 0 Å². The van der Waals surface area contributed by atoms with Gasteiger partial charge in [-0.2, -0.15) is 5.10 Å². The molecule has 1 aromatic carbocycles. The van der Waals surface area contributed by atoms with Crippen molar-refractivity contribution in [3.8, 4) is 22.8 Å². The number of hydrogen-bond donors (Lipinski definition) is 1. The summed E-state index contributed by atoms with van der Waals surface area (Å²) in [4.78, 5) is 9.62. The Morgan fingerprint density at radius 3 is 2.70 bits per heavy atom. The molecule has 0 spiro atoms. The predicted octanol–water partition coefficient (Wildman–Crippen LogP) is 2.88. The summed E-state index contributed by atoms with van der Waals surface area (Å²) in [6.45, 7) is 0. The largest absolute Gasteiger partial charge is 0.324 e. The number of benzene rings is 1. The molecule has 4 rings (SSSR count). The lowest BCUT2D eigenvalue weighted by molar-refractivity contribution is 0.558. The van der Waals surface area contributed by atoms with Crippen LogP contribution >= 0.6 is 0 Å². The molecule has 2 heterocycles. The number of nitrogens with zero attached hydrogens (tertiary/aromatic N) is 4. The molecule has 0 radical (unpaired) electrons. The molecule has 1 atom stereocenters. The van der Waals surface area contributed by atoms with Gasteiger partial charge in [-0.3, -0.25) is 4.68 Å². The maximum Gasteiger partial charge on any atom is 0.160 e. The smallest absolute Gasteiger partial charge is 0.160 e. The third-order valence-electron chi connectivity index (χ3n) is 4.31. The van der Waals surface area contributed by atoms with Crippen LogP contribution in [-0.2, 0) is 13.5 Å². The van der Waals surface area contributed by atoms with Gasteiger partial charge in [0.15, 0.2) is 5.82 Å². The fraction of sp³-hybridized carbons (Fsp3) is 0.278. The lowest BCUT2D eigenvalue weighted by Crippen LogP contribution is -2.21. The molecule has 0 saturated carbocycles. The van der Waals surface area contributed by atoms with E-state index in [1.54, 1.807) is 4.68 Å². The van der Waals surface area contributed by atoms with Gasteiger partial charge in [-0.15, -0.1) is 0 Å². The number of fused-ring (bicyclic) bond motifs is 1. The molecule has 3 aromatic rings. The van der Waals surface area contributed by atoms with Gasteiger partial charge < -0.3 is 5.73 Å². The van der Waals surface area contributed by atoms with Crippen molar-refractivity contribution >= 4 is 0 Å². The predicted molar refractivity (Wildman–Crippen MR) is 89.5 cm³/mol. The van der Waals surface area contributed by atoms with Gasteiger partial charge in [-0.25, -0.2) is 9.97 Å². The molecule has 1 aliphatic carbocycles. The number of aryl methyl sites for hydroxylation is 2. The van der Waals surface area contributed by atoms with Crippen LogP contribution < -0.4 is 5.73 Å². The minimum atomic E-state index is -0.0134. The molecule has 0 amide bonds. The van der Waals surface area contributed by atoms with Crippen LogP contribution in [0.15, 0.2) is 42.6 Å². The first kappa shape index (κ1) is 14.1. The van der Waals surface area contributed by atoms with Gasteiger partial charge in [0.2, 0.25) is 0 Å². The molecule has 2 aromatic heterocycles. The fourth-order valence-electron chi connectivity index (χ4n) is 3.18. The van der Waals surface area contributed by atoms with Crippen LogP contribution in [0.2, 0.25) is 0 Å². The van der Waals surface area contributed by atoms with Crippen LogP contribution in [-0.4, -0.2) is 19.7 Å². The van der Waals surface area contributed by atoms with Gasteiger partial charge in [0, 0.05) is 36.1 Å². The van der Waals surface area contributed by atoms with E-state index in [9.17, 15) is 0 Å². The number of hydrogen-bond acceptors (Lipinski definition) is 4. The van der Waals surface area contributed by atoms with Crippen molar-refractivity contribution in [3.05, 3.63) is 53.9 Å². The Hall–Kier alpha value is -2.53. The SMILES string of the molecule is Cn1ccc(-c2nc(-c3ccccc3)nc3c2C(N)CCC3)n1. The summed E-state index contributed by atoms with van der Waals surface area (Å²) in [5.41, 5.74) is 11.3. The van der Waals surface area contributed by atoms with Crippen LogP contribution in [0.25, 0.3) is 22.8 Å². The van der Waals surface area contributed by atoms with E-state index >= 15 is 0 Å². The molecule has 1 unspecified atom stereocenters. The quantitative estimate of drug-likeness (QED) is 0.790. The Morgan fingerprint density at radius 1 is 1.13 bits per heavy atom. The molecule has 2 N–H and O–H groups in total. The summed E-state index contributed by atoms with van der Waals surface area (Å²) in [6.07, 6.45) is 4.92. The van der Waals surface area contributed by atoms with Crippen LogP contribution in [0.5, 0.6) is 0 Å². The van der Waals surface area contributed by atoms with Gasteiger partial charge in [0.05, 0.1) is 5.69 Å². The average Bonchev–Trinajstić information content (AvgIpc) is 3.01. The first-order valence-corrected chi connectivity index (χ1v) is 7.94. The number of nitrogens with two attached hydrogens (primary N) is 1. The Bertz CT molecular complexity index is 838. The maximum absolute atomic E-state index is 6.37. The highest BCUT2D eigenvalue weighted by molar-refractivity contribution is 5.66. The van der Waals surface area contributed by atoms with Crippen molar-refractivity contribution in [1.82, 2.24) is 19.7 Å². The Labute approximate surface area is 135 Å². The summed E-state index contributed by atoms with van der Waals surface area (Å²) in [7, 11) is 1.91. The molecule has 1 aliphatic rings. The van der Waals surface area contributed by atoms with Gasteiger partial charge in [0.1, 0.15) is 5.69 Å². The van der Waals surface area contributed by atoms with E-state index < -0.39 is 0 Å². The number of rotatable bonds is 2. The number of aromatic nitrogens is 4. The summed E-state index contributed by atoms with van der Waals surface area (Å²) in [5, 5.41) is 4.53. The van der Waals surface area contributed by atoms with Crippen molar-refractivity contribution in [2.24, 2.45) is 12.8 Å². The van der Waals surface area contributed by atoms with Gasteiger partial charge >= 0.3 is 0 Å². The zero-order chi connectivity index (χ0) is 15.8. The second-order valence-electron chi connectivity index (χ2n) is 6.00. The van der Waals surface area contributed by atoms with Gasteiger partial charge in [0.25, 0.3) is 0 Å². The summed E-state index contributed by atoms with van der Waals surface area (Å²) in [6, 6.07) is 12.0. The molecule has 0 saturated heterocycles. The van der Waals surface area contributed by atoms with Crippen LogP contribution in [0.1, 0.15) is 30.1 Å². The second kappa shape index (κ2) is 5.59. The highest BCUT2D eigenvalue weighted by Gasteiger charge is 2.25. The second-order valence-corrected chi connectivity index (χ2v) is 6.00. The van der Waals surface area contributed by atoms with Crippen LogP contribution in [0.3, 0.4) is 0 Å². The first-order valence-electron chi connectivity index (χ1n) is 7.94. The van der Waals surface area contributed by atoms with Gasteiger partial charge in [-0.05, 0) is 25.3 Å². The highest BCUT2D eigenvalue weighted by atomic mass is 15.3. The third kappa shape index (κ3) is 2.53. The van der Waals surface area contributed by atoms with Gasteiger partial charge in [-0.1, -0.05) is 30.3 Å². The maximum atomic E-state index is 6.37. The fourth-order valence-corrected chi connectivity index (χ4v) is 3.18. The minimum Gasteiger partial charge on any atom is -0.324 e. The molecule has 5 nitrogen and oxygen atoms in total. The van der Waals surface area contributed by atoms with Crippen molar-refractivity contribution in [2.45, 2.75) is 25.3 Å². The molecular formula is C18H19N5. The van der Waals surface area contributed by atoms with E-state index in [-0.39, 0.29) is 6.04 Å². The zero-order valence-corrected chi connectivity index (χ0v) is 13.1. The third-order valence-corrected chi connectivity index (χ3v) is 4.31. The Balaban J connectivity index is 1.95. The normalized spacial score (nSPS) is 17.0. The monoisotopic (exact) mass is 305 g/mol. The summed E-state index contributed by atoms with van der Waals surface area (Å²) < 4.78 is 1.79. The van der Waals surface area contributed by atoms with Crippen molar-refractivity contribution in [3.63, 3.8) is 0 Å². The first-order chi connectivity index (χ1) is 11.2. The van der Waals surface area contributed by atoms with Crippen LogP contribution in [0.4, 0.5) is 0 Å². The lowest BCUT2D eigenvalue weighted by atomic mass is 9.89. The Kier molecular flexibility index (Phi) is 3.42. The van der Waals surface area contributed by atoms with E-state index in [4.69, 9.17) is 15.7 Å². The van der Waals surface area contributed by atoms with E-state index in [2.05, 4.69) is 5.10 Å². The lowest BCUT2D eigenvalue weighted by Gasteiger charge is -2.24. The zero-order valence-electron chi connectivity index (χ0n) is 13.1. The molecule has 0 aliphatic heterocycles. The van der Waals surface area contributed by atoms with E-state index in [1.807, 2.05) is 49.6 Å². The highest BCUT2D eigenvalue weighted by Crippen LogP contribution is 2.35. The molecule has 0 bridgehead atoms. The molecule has 23 heavy (non-hydrogen) atoms. The molecule has 116 valence electrons. The van der Waals surface area contributed by atoms with E-state index in [0.717, 1.165) is 53.3 Å².